The Morgan fingerprint density at radius 1 is 1.36 bits per heavy atom. The molecule has 0 unspecified atom stereocenters. The fraction of sp³-hybridized carbons (Fsp3) is 0.455. The Morgan fingerprint density at radius 3 is 2.57 bits per heavy atom. The Morgan fingerprint density at radius 2 is 2.07 bits per heavy atom. The summed E-state index contributed by atoms with van der Waals surface area (Å²) >= 11 is 0. The Kier molecular flexibility index (Phi) is 3.14. The molecule has 1 aliphatic heterocycles. The van der Waals surface area contributed by atoms with E-state index in [1.165, 1.54) is 0 Å². The van der Waals surface area contributed by atoms with Gasteiger partial charge in [-0.25, -0.2) is 0 Å². The van der Waals surface area contributed by atoms with Crippen molar-refractivity contribution in [2.75, 3.05) is 19.7 Å². The number of hydrogen-bond donors (Lipinski definition) is 3. The quantitative estimate of drug-likeness (QED) is 0.642. The van der Waals surface area contributed by atoms with E-state index in [2.05, 4.69) is 10.6 Å². The molecule has 0 bridgehead atoms. The van der Waals surface area contributed by atoms with Gasteiger partial charge in [-0.2, -0.15) is 0 Å². The molecule has 1 aliphatic rings. The van der Waals surface area contributed by atoms with Gasteiger partial charge < -0.3 is 15.7 Å². The van der Waals surface area contributed by atoms with Crippen LogP contribution < -0.4 is 10.6 Å². The van der Waals surface area contributed by atoms with Crippen LogP contribution in [0.25, 0.3) is 0 Å². The van der Waals surface area contributed by atoms with Crippen molar-refractivity contribution in [1.82, 2.24) is 10.6 Å². The lowest BCUT2D eigenvalue weighted by molar-refractivity contribution is 0.217. The van der Waals surface area contributed by atoms with Gasteiger partial charge >= 0.3 is 0 Å². The molecule has 3 N–H and O–H groups in total. The number of benzene rings is 1. The molecule has 76 valence electrons. The lowest BCUT2D eigenvalue weighted by Crippen LogP contribution is -2.56. The lowest BCUT2D eigenvalue weighted by Gasteiger charge is -2.32. The highest BCUT2D eigenvalue weighted by Crippen LogP contribution is 2.13. The highest BCUT2D eigenvalue weighted by Gasteiger charge is 2.20. The third-order valence-corrected chi connectivity index (χ3v) is 2.60. The minimum atomic E-state index is 0.0725. The maximum atomic E-state index is 9.27. The van der Waals surface area contributed by atoms with E-state index < -0.39 is 0 Å². The summed E-state index contributed by atoms with van der Waals surface area (Å²) in [6, 6.07) is 10.6. The second kappa shape index (κ2) is 4.55. The van der Waals surface area contributed by atoms with Gasteiger partial charge in [-0.15, -0.1) is 0 Å². The van der Waals surface area contributed by atoms with E-state index >= 15 is 0 Å². The second-order valence-electron chi connectivity index (χ2n) is 3.67. The van der Waals surface area contributed by atoms with Crippen LogP contribution in [-0.2, 0) is 0 Å². The summed E-state index contributed by atoms with van der Waals surface area (Å²) in [6.07, 6.45) is 0. The van der Waals surface area contributed by atoms with Crippen LogP contribution >= 0.6 is 0 Å². The first-order chi connectivity index (χ1) is 6.90. The van der Waals surface area contributed by atoms with Gasteiger partial charge in [0.15, 0.2) is 0 Å². The highest BCUT2D eigenvalue weighted by molar-refractivity contribution is 5.19. The summed E-state index contributed by atoms with van der Waals surface area (Å²) in [7, 11) is 0. The monoisotopic (exact) mass is 192 g/mol. The van der Waals surface area contributed by atoms with E-state index in [9.17, 15) is 5.11 Å². The summed E-state index contributed by atoms with van der Waals surface area (Å²) in [4.78, 5) is 0. The molecule has 3 nitrogen and oxygen atoms in total. The fourth-order valence-corrected chi connectivity index (χ4v) is 1.63. The Balaban J connectivity index is 1.98. The van der Waals surface area contributed by atoms with E-state index in [1.807, 2.05) is 30.3 Å². The van der Waals surface area contributed by atoms with Crippen LogP contribution in [0.4, 0.5) is 0 Å². The number of aliphatic hydroxyl groups excluding tert-OH is 1. The number of nitrogens with one attached hydrogen (secondary N) is 2. The van der Waals surface area contributed by atoms with E-state index in [0.29, 0.717) is 6.04 Å². The molecule has 1 fully saturated rings. The Bertz CT molecular complexity index is 272. The van der Waals surface area contributed by atoms with Crippen molar-refractivity contribution >= 4 is 0 Å². The molecule has 1 atom stereocenters. The van der Waals surface area contributed by atoms with Crippen LogP contribution in [0.15, 0.2) is 30.3 Å². The first-order valence-electron chi connectivity index (χ1n) is 5.02. The van der Waals surface area contributed by atoms with Gasteiger partial charge in [0.1, 0.15) is 0 Å². The van der Waals surface area contributed by atoms with E-state index in [0.717, 1.165) is 18.7 Å². The van der Waals surface area contributed by atoms with Gasteiger partial charge in [0, 0.05) is 19.1 Å². The Hall–Kier alpha value is -0.900. The van der Waals surface area contributed by atoms with Crippen LogP contribution in [0, 0.1) is 0 Å². The maximum Gasteiger partial charge on any atom is 0.0626 e. The van der Waals surface area contributed by atoms with Gasteiger partial charge in [-0.3, -0.25) is 0 Å². The third-order valence-electron chi connectivity index (χ3n) is 2.60. The molecular weight excluding hydrogens is 176 g/mol. The zero-order valence-electron chi connectivity index (χ0n) is 8.11. The zero-order chi connectivity index (χ0) is 9.80. The topological polar surface area (TPSA) is 44.3 Å². The molecule has 0 saturated carbocycles. The van der Waals surface area contributed by atoms with Crippen LogP contribution in [0.2, 0.25) is 0 Å². The largest absolute Gasteiger partial charge is 0.394 e. The number of aliphatic hydroxyl groups is 1. The molecule has 1 aromatic rings. The van der Waals surface area contributed by atoms with E-state index in [4.69, 9.17) is 0 Å². The van der Waals surface area contributed by atoms with Crippen molar-refractivity contribution in [3.05, 3.63) is 35.9 Å². The number of hydrogen-bond acceptors (Lipinski definition) is 3. The molecule has 0 spiro atoms. The lowest BCUT2D eigenvalue weighted by atomic mass is 10.0. The smallest absolute Gasteiger partial charge is 0.0626 e. The van der Waals surface area contributed by atoms with E-state index in [-0.39, 0.29) is 12.6 Å². The normalized spacial score (nSPS) is 18.9. The van der Waals surface area contributed by atoms with Crippen LogP contribution in [0.3, 0.4) is 0 Å². The summed E-state index contributed by atoms with van der Waals surface area (Å²) < 4.78 is 0. The van der Waals surface area contributed by atoms with Crippen LogP contribution in [0.1, 0.15) is 11.6 Å². The van der Waals surface area contributed by atoms with Crippen molar-refractivity contribution in [2.24, 2.45) is 0 Å². The third kappa shape index (κ3) is 2.12. The highest BCUT2D eigenvalue weighted by atomic mass is 16.3. The molecule has 0 aliphatic carbocycles. The van der Waals surface area contributed by atoms with Crippen LogP contribution in [-0.4, -0.2) is 30.8 Å². The van der Waals surface area contributed by atoms with Gasteiger partial charge in [0.05, 0.1) is 12.6 Å². The van der Waals surface area contributed by atoms with E-state index in [1.54, 1.807) is 0 Å². The van der Waals surface area contributed by atoms with Crippen molar-refractivity contribution in [3.63, 3.8) is 0 Å². The molecule has 0 aromatic heterocycles. The predicted molar refractivity (Wildman–Crippen MR) is 56.1 cm³/mol. The van der Waals surface area contributed by atoms with Gasteiger partial charge in [0.25, 0.3) is 0 Å². The van der Waals surface area contributed by atoms with Gasteiger partial charge in [-0.1, -0.05) is 30.3 Å². The van der Waals surface area contributed by atoms with Gasteiger partial charge in [0.2, 0.25) is 0 Å². The predicted octanol–water partition coefficient (Wildman–Crippen LogP) is 0.281. The summed E-state index contributed by atoms with van der Waals surface area (Å²) in [6.45, 7) is 2.16. The van der Waals surface area contributed by atoms with Crippen molar-refractivity contribution in [2.45, 2.75) is 12.1 Å². The maximum absolute atomic E-state index is 9.27. The molecule has 0 amide bonds. The molecule has 1 aromatic carbocycles. The minimum Gasteiger partial charge on any atom is -0.394 e. The molecule has 14 heavy (non-hydrogen) atoms. The summed E-state index contributed by atoms with van der Waals surface area (Å²) in [5.41, 5.74) is 1.15. The standard InChI is InChI=1S/C11H16N2O/c14-8-11(13-10-6-12-7-10)9-4-2-1-3-5-9/h1-5,10-14H,6-8H2/t11-/m1/s1. The SMILES string of the molecule is OC[C@@H](NC1CNC1)c1ccccc1. The van der Waals surface area contributed by atoms with Crippen molar-refractivity contribution < 1.29 is 5.11 Å². The zero-order valence-corrected chi connectivity index (χ0v) is 8.11. The van der Waals surface area contributed by atoms with Gasteiger partial charge in [-0.05, 0) is 5.56 Å². The first kappa shape index (κ1) is 9.65. The van der Waals surface area contributed by atoms with Crippen LogP contribution in [0.5, 0.6) is 0 Å². The average Bonchev–Trinajstić information content (AvgIpc) is 2.18. The first-order valence-corrected chi connectivity index (χ1v) is 5.02. The molecule has 0 radical (unpaired) electrons. The summed E-state index contributed by atoms with van der Waals surface area (Å²) in [5.74, 6) is 0. The summed E-state index contributed by atoms with van der Waals surface area (Å²) in [5, 5.41) is 15.9. The molecule has 1 saturated heterocycles. The second-order valence-corrected chi connectivity index (χ2v) is 3.67. The molecule has 1 heterocycles. The molecule has 3 heteroatoms. The average molecular weight is 192 g/mol. The van der Waals surface area contributed by atoms with Crippen molar-refractivity contribution in [1.29, 1.82) is 0 Å². The molecular formula is C11H16N2O. The fourth-order valence-electron chi connectivity index (χ4n) is 1.63. The van der Waals surface area contributed by atoms with Crippen molar-refractivity contribution in [3.8, 4) is 0 Å². The minimum absolute atomic E-state index is 0.0725. The number of rotatable bonds is 4. The Labute approximate surface area is 84.1 Å². The molecule has 2 rings (SSSR count).